The summed E-state index contributed by atoms with van der Waals surface area (Å²) in [5, 5.41) is 5.95. The molecule has 1 aliphatic rings. The number of nitrogens with zero attached hydrogens (tertiary/aromatic N) is 2. The van der Waals surface area contributed by atoms with Gasteiger partial charge in [-0.3, -0.25) is 14.6 Å². The van der Waals surface area contributed by atoms with Crippen molar-refractivity contribution in [2.75, 3.05) is 33.8 Å². The fourth-order valence-electron chi connectivity index (χ4n) is 2.98. The van der Waals surface area contributed by atoms with Crippen LogP contribution in [0.1, 0.15) is 32.5 Å². The van der Waals surface area contributed by atoms with E-state index in [1.807, 2.05) is 24.3 Å². The van der Waals surface area contributed by atoms with Gasteiger partial charge < -0.3 is 20.3 Å². The summed E-state index contributed by atoms with van der Waals surface area (Å²) in [5.41, 5.74) is 1.84. The van der Waals surface area contributed by atoms with Crippen LogP contribution in [-0.4, -0.2) is 55.5 Å². The maximum atomic E-state index is 12.8. The van der Waals surface area contributed by atoms with E-state index < -0.39 is 0 Å². The summed E-state index contributed by atoms with van der Waals surface area (Å²) in [7, 11) is 3.18. The Kier molecular flexibility index (Phi) is 5.48. The Bertz CT molecular complexity index is 792. The Morgan fingerprint density at radius 2 is 2.15 bits per heavy atom. The molecule has 3 rings (SSSR count). The predicted octanol–water partition coefficient (Wildman–Crippen LogP) is 1.24. The Labute approximate surface area is 152 Å². The van der Waals surface area contributed by atoms with Gasteiger partial charge in [0.15, 0.2) is 0 Å². The molecule has 1 saturated heterocycles. The van der Waals surface area contributed by atoms with Gasteiger partial charge in [0.2, 0.25) is 0 Å². The number of carbonyl (C=O) groups excluding carboxylic acids is 2. The van der Waals surface area contributed by atoms with Crippen LogP contribution in [0.2, 0.25) is 0 Å². The molecule has 0 bridgehead atoms. The molecule has 2 aromatic rings. The molecule has 0 aliphatic carbocycles. The number of amides is 2. The second-order valence-electron chi connectivity index (χ2n) is 6.05. The van der Waals surface area contributed by atoms with Gasteiger partial charge in [-0.25, -0.2) is 0 Å². The van der Waals surface area contributed by atoms with Crippen molar-refractivity contribution in [2.24, 2.45) is 0 Å². The lowest BCUT2D eigenvalue weighted by Crippen LogP contribution is -2.48. The van der Waals surface area contributed by atoms with Crippen molar-refractivity contribution in [3.05, 3.63) is 59.4 Å². The van der Waals surface area contributed by atoms with E-state index in [0.717, 1.165) is 11.3 Å². The Balaban J connectivity index is 1.72. The first-order valence-corrected chi connectivity index (χ1v) is 8.47. The molecule has 1 unspecified atom stereocenters. The molecule has 1 aliphatic heterocycles. The molecule has 26 heavy (non-hydrogen) atoms. The quantitative estimate of drug-likeness (QED) is 0.863. The van der Waals surface area contributed by atoms with E-state index in [4.69, 9.17) is 4.74 Å². The number of pyridine rings is 1. The highest BCUT2D eigenvalue weighted by Gasteiger charge is 2.25. The summed E-state index contributed by atoms with van der Waals surface area (Å²) >= 11 is 0. The number of hydrogen-bond acceptors (Lipinski definition) is 5. The average Bonchev–Trinajstić information content (AvgIpc) is 2.73. The number of carbonyl (C=O) groups is 2. The van der Waals surface area contributed by atoms with Crippen LogP contribution in [0, 0.1) is 0 Å². The van der Waals surface area contributed by atoms with Crippen molar-refractivity contribution in [1.29, 1.82) is 0 Å². The zero-order valence-electron chi connectivity index (χ0n) is 14.9. The maximum Gasteiger partial charge on any atom is 0.269 e. The van der Waals surface area contributed by atoms with E-state index in [1.165, 1.54) is 6.20 Å². The van der Waals surface area contributed by atoms with E-state index in [0.29, 0.717) is 30.9 Å². The first-order valence-electron chi connectivity index (χ1n) is 8.47. The molecular weight excluding hydrogens is 332 g/mol. The first-order chi connectivity index (χ1) is 12.6. The van der Waals surface area contributed by atoms with Crippen LogP contribution in [0.4, 0.5) is 0 Å². The number of methoxy groups -OCH3 is 1. The van der Waals surface area contributed by atoms with Gasteiger partial charge >= 0.3 is 0 Å². The summed E-state index contributed by atoms with van der Waals surface area (Å²) in [5.74, 6) is 0.432. The number of rotatable bonds is 4. The normalized spacial score (nSPS) is 16.8. The van der Waals surface area contributed by atoms with E-state index in [-0.39, 0.29) is 17.9 Å². The van der Waals surface area contributed by atoms with Crippen LogP contribution < -0.4 is 15.4 Å². The minimum Gasteiger partial charge on any atom is -0.497 e. The van der Waals surface area contributed by atoms with E-state index >= 15 is 0 Å². The molecule has 0 spiro atoms. The molecule has 1 atom stereocenters. The predicted molar refractivity (Wildman–Crippen MR) is 97.3 cm³/mol. The van der Waals surface area contributed by atoms with Crippen LogP contribution >= 0.6 is 0 Å². The second kappa shape index (κ2) is 7.97. The zero-order valence-corrected chi connectivity index (χ0v) is 14.9. The Morgan fingerprint density at radius 3 is 2.85 bits per heavy atom. The molecule has 2 amide bonds. The number of benzene rings is 1. The van der Waals surface area contributed by atoms with Gasteiger partial charge in [-0.2, -0.15) is 0 Å². The SMILES string of the molecule is CNC(=O)c1ccc(C(=O)N2CCNC(c3cccc(OC)c3)C2)cn1. The van der Waals surface area contributed by atoms with Crippen LogP contribution in [0.15, 0.2) is 42.6 Å². The third-order valence-electron chi connectivity index (χ3n) is 4.43. The largest absolute Gasteiger partial charge is 0.497 e. The maximum absolute atomic E-state index is 12.8. The van der Waals surface area contributed by atoms with E-state index in [2.05, 4.69) is 15.6 Å². The highest BCUT2D eigenvalue weighted by molar-refractivity contribution is 5.96. The smallest absolute Gasteiger partial charge is 0.269 e. The van der Waals surface area contributed by atoms with Crippen LogP contribution in [0.25, 0.3) is 0 Å². The summed E-state index contributed by atoms with van der Waals surface area (Å²) < 4.78 is 5.28. The van der Waals surface area contributed by atoms with E-state index in [1.54, 1.807) is 31.2 Å². The van der Waals surface area contributed by atoms with Crippen molar-refractivity contribution in [3.8, 4) is 5.75 Å². The summed E-state index contributed by atoms with van der Waals surface area (Å²) in [6, 6.07) is 11.1. The van der Waals surface area contributed by atoms with Crippen LogP contribution in [0.3, 0.4) is 0 Å². The van der Waals surface area contributed by atoms with E-state index in [9.17, 15) is 9.59 Å². The van der Waals surface area contributed by atoms with Gasteiger partial charge in [-0.05, 0) is 29.8 Å². The van der Waals surface area contributed by atoms with Gasteiger partial charge in [0.25, 0.3) is 11.8 Å². The number of ether oxygens (including phenoxy) is 1. The number of nitrogens with one attached hydrogen (secondary N) is 2. The molecule has 2 heterocycles. The lowest BCUT2D eigenvalue weighted by molar-refractivity contribution is 0.0702. The fraction of sp³-hybridized carbons (Fsp3) is 0.316. The topological polar surface area (TPSA) is 83.6 Å². The lowest BCUT2D eigenvalue weighted by Gasteiger charge is -2.34. The molecule has 1 aromatic heterocycles. The fourth-order valence-corrected chi connectivity index (χ4v) is 2.98. The highest BCUT2D eigenvalue weighted by atomic mass is 16.5. The summed E-state index contributed by atoms with van der Waals surface area (Å²) in [6.45, 7) is 1.89. The minimum atomic E-state index is -0.274. The standard InChI is InChI=1S/C19H22N4O3/c1-20-18(24)16-7-6-14(11-22-16)19(25)23-9-8-21-17(12-23)13-4-3-5-15(10-13)26-2/h3-7,10-11,17,21H,8-9,12H2,1-2H3,(H,20,24). The van der Waals surface area contributed by atoms with Crippen molar-refractivity contribution in [3.63, 3.8) is 0 Å². The lowest BCUT2D eigenvalue weighted by atomic mass is 10.0. The van der Waals surface area contributed by atoms with Crippen molar-refractivity contribution < 1.29 is 14.3 Å². The molecule has 2 N–H and O–H groups in total. The number of aromatic nitrogens is 1. The van der Waals surface area contributed by atoms with Crippen molar-refractivity contribution >= 4 is 11.8 Å². The molecule has 0 saturated carbocycles. The number of hydrogen-bond donors (Lipinski definition) is 2. The molecule has 1 aromatic carbocycles. The molecule has 1 fully saturated rings. The Morgan fingerprint density at radius 1 is 1.31 bits per heavy atom. The van der Waals surface area contributed by atoms with Crippen molar-refractivity contribution in [2.45, 2.75) is 6.04 Å². The van der Waals surface area contributed by atoms with Gasteiger partial charge in [0.05, 0.1) is 18.7 Å². The third-order valence-corrected chi connectivity index (χ3v) is 4.43. The molecular formula is C19H22N4O3. The Hall–Kier alpha value is -2.93. The average molecular weight is 354 g/mol. The molecule has 0 radical (unpaired) electrons. The summed E-state index contributed by atoms with van der Waals surface area (Å²) in [4.78, 5) is 30.2. The van der Waals surface area contributed by atoms with Gasteiger partial charge in [-0.1, -0.05) is 12.1 Å². The van der Waals surface area contributed by atoms with Crippen LogP contribution in [-0.2, 0) is 0 Å². The third kappa shape index (κ3) is 3.83. The molecule has 7 heteroatoms. The zero-order chi connectivity index (χ0) is 18.5. The highest BCUT2D eigenvalue weighted by Crippen LogP contribution is 2.22. The summed E-state index contributed by atoms with van der Waals surface area (Å²) in [6.07, 6.45) is 1.45. The second-order valence-corrected chi connectivity index (χ2v) is 6.05. The van der Waals surface area contributed by atoms with Crippen LogP contribution in [0.5, 0.6) is 5.75 Å². The molecule has 136 valence electrons. The van der Waals surface area contributed by atoms with Gasteiger partial charge in [0.1, 0.15) is 11.4 Å². The first kappa shape index (κ1) is 17.9. The van der Waals surface area contributed by atoms with Gasteiger partial charge in [0, 0.05) is 32.9 Å². The molecule has 7 nitrogen and oxygen atoms in total. The van der Waals surface area contributed by atoms with Gasteiger partial charge in [-0.15, -0.1) is 0 Å². The van der Waals surface area contributed by atoms with Crippen molar-refractivity contribution in [1.82, 2.24) is 20.5 Å². The monoisotopic (exact) mass is 354 g/mol. The number of piperazine rings is 1. The minimum absolute atomic E-state index is 0.0425.